The average Bonchev–Trinajstić information content (AvgIpc) is 3.14. The minimum atomic E-state index is 0.562. The molecule has 2 atom stereocenters. The molecular weight excluding hydrogens is 288 g/mol. The molecule has 0 saturated heterocycles. The van der Waals surface area contributed by atoms with E-state index < -0.39 is 0 Å². The van der Waals surface area contributed by atoms with E-state index in [1.807, 2.05) is 0 Å². The van der Waals surface area contributed by atoms with Gasteiger partial charge in [-0.15, -0.1) is 0 Å². The van der Waals surface area contributed by atoms with Crippen LogP contribution >= 0.6 is 0 Å². The summed E-state index contributed by atoms with van der Waals surface area (Å²) in [6.07, 6.45) is 11.6. The van der Waals surface area contributed by atoms with Crippen molar-refractivity contribution in [2.45, 2.75) is 52.4 Å². The van der Waals surface area contributed by atoms with Gasteiger partial charge in [0.1, 0.15) is 0 Å². The fraction of sp³-hybridized carbons (Fsp3) is 0.333. The molecule has 2 aromatic carbocycles. The molecule has 0 unspecified atom stereocenters. The van der Waals surface area contributed by atoms with E-state index in [9.17, 15) is 0 Å². The van der Waals surface area contributed by atoms with Gasteiger partial charge in [0.2, 0.25) is 0 Å². The molecular formula is C24H26. The molecule has 2 aromatic rings. The first-order valence-electron chi connectivity index (χ1n) is 9.17. The standard InChI is InChI=1S/C24H26/c1-15-5-9-19(21-13-7-17(3)23(15)21)11-12-20-10-6-16(2)24-18(4)8-14-22(20)24/h5-10,13-14,17-18H,11-12H2,1-4H3/t17-,18+. The fourth-order valence-corrected chi connectivity index (χ4v) is 4.56. The van der Waals surface area contributed by atoms with Crippen molar-refractivity contribution in [2.75, 3.05) is 0 Å². The van der Waals surface area contributed by atoms with Crippen LogP contribution in [0.1, 0.15) is 70.2 Å². The Morgan fingerprint density at radius 1 is 0.667 bits per heavy atom. The molecule has 2 aliphatic rings. The lowest BCUT2D eigenvalue weighted by molar-refractivity contribution is 0.918. The third-order valence-electron chi connectivity index (χ3n) is 5.87. The molecule has 0 fully saturated rings. The van der Waals surface area contributed by atoms with Crippen molar-refractivity contribution in [1.29, 1.82) is 0 Å². The lowest BCUT2D eigenvalue weighted by Gasteiger charge is -2.16. The molecule has 0 aliphatic heterocycles. The predicted octanol–water partition coefficient (Wildman–Crippen LogP) is 6.35. The van der Waals surface area contributed by atoms with Gasteiger partial charge in [-0.3, -0.25) is 0 Å². The van der Waals surface area contributed by atoms with Crippen LogP contribution in [-0.4, -0.2) is 0 Å². The molecule has 0 saturated carbocycles. The highest BCUT2D eigenvalue weighted by Crippen LogP contribution is 2.37. The third-order valence-corrected chi connectivity index (χ3v) is 5.87. The molecule has 0 nitrogen and oxygen atoms in total. The van der Waals surface area contributed by atoms with Crippen LogP contribution in [0.4, 0.5) is 0 Å². The Bertz CT molecular complexity index is 791. The molecule has 0 aromatic heterocycles. The Morgan fingerprint density at radius 3 is 1.50 bits per heavy atom. The van der Waals surface area contributed by atoms with Gasteiger partial charge in [0, 0.05) is 11.8 Å². The first-order valence-corrected chi connectivity index (χ1v) is 9.17. The molecule has 0 N–H and O–H groups in total. The van der Waals surface area contributed by atoms with Gasteiger partial charge >= 0.3 is 0 Å². The van der Waals surface area contributed by atoms with Crippen LogP contribution in [0, 0.1) is 13.8 Å². The van der Waals surface area contributed by atoms with Crippen LogP contribution in [0.15, 0.2) is 36.4 Å². The smallest absolute Gasteiger partial charge is 0.000156 e. The molecule has 0 spiro atoms. The van der Waals surface area contributed by atoms with Crippen molar-refractivity contribution in [1.82, 2.24) is 0 Å². The number of aryl methyl sites for hydroxylation is 4. The Morgan fingerprint density at radius 2 is 1.08 bits per heavy atom. The van der Waals surface area contributed by atoms with E-state index in [4.69, 9.17) is 0 Å². The Labute approximate surface area is 145 Å². The normalized spacial score (nSPS) is 20.5. The van der Waals surface area contributed by atoms with Crippen molar-refractivity contribution in [2.24, 2.45) is 0 Å². The molecule has 0 heterocycles. The average molecular weight is 314 g/mol. The molecule has 4 rings (SSSR count). The van der Waals surface area contributed by atoms with Gasteiger partial charge in [0.05, 0.1) is 0 Å². The quantitative estimate of drug-likeness (QED) is 0.619. The summed E-state index contributed by atoms with van der Waals surface area (Å²) >= 11 is 0. The number of hydrogen-bond acceptors (Lipinski definition) is 0. The second-order valence-corrected chi connectivity index (χ2v) is 7.53. The highest BCUT2D eigenvalue weighted by Gasteiger charge is 2.20. The van der Waals surface area contributed by atoms with Crippen LogP contribution in [0.2, 0.25) is 0 Å². The molecule has 0 heteroatoms. The van der Waals surface area contributed by atoms with Crippen molar-refractivity contribution in [3.8, 4) is 0 Å². The summed E-state index contributed by atoms with van der Waals surface area (Å²) in [7, 11) is 0. The molecule has 0 radical (unpaired) electrons. The maximum atomic E-state index is 2.34. The van der Waals surface area contributed by atoms with Gasteiger partial charge in [0.15, 0.2) is 0 Å². The van der Waals surface area contributed by atoms with Crippen LogP contribution in [0.5, 0.6) is 0 Å². The van der Waals surface area contributed by atoms with Crippen molar-refractivity contribution in [3.05, 3.63) is 80.9 Å². The van der Waals surface area contributed by atoms with Gasteiger partial charge in [-0.2, -0.15) is 0 Å². The van der Waals surface area contributed by atoms with E-state index in [1.165, 1.54) is 44.5 Å². The van der Waals surface area contributed by atoms with Crippen molar-refractivity contribution >= 4 is 12.2 Å². The second kappa shape index (κ2) is 5.77. The van der Waals surface area contributed by atoms with E-state index in [-0.39, 0.29) is 0 Å². The fourth-order valence-electron chi connectivity index (χ4n) is 4.56. The number of fused-ring (bicyclic) bond motifs is 2. The summed E-state index contributed by atoms with van der Waals surface area (Å²) < 4.78 is 0. The van der Waals surface area contributed by atoms with Crippen LogP contribution in [0.3, 0.4) is 0 Å². The highest BCUT2D eigenvalue weighted by molar-refractivity contribution is 5.69. The van der Waals surface area contributed by atoms with Crippen molar-refractivity contribution < 1.29 is 0 Å². The third kappa shape index (κ3) is 2.36. The maximum Gasteiger partial charge on any atom is 0.000156 e. The van der Waals surface area contributed by atoms with Crippen LogP contribution < -0.4 is 0 Å². The van der Waals surface area contributed by atoms with Crippen LogP contribution in [-0.2, 0) is 12.8 Å². The van der Waals surface area contributed by atoms with Crippen LogP contribution in [0.25, 0.3) is 12.2 Å². The lowest BCUT2D eigenvalue weighted by Crippen LogP contribution is -2.02. The zero-order chi connectivity index (χ0) is 16.8. The molecule has 24 heavy (non-hydrogen) atoms. The SMILES string of the molecule is Cc1ccc(CCc2ccc(C)c3c2C=C[C@@H]3C)c2c1[C@H](C)C=C2. The van der Waals surface area contributed by atoms with E-state index in [2.05, 4.69) is 76.3 Å². The predicted molar refractivity (Wildman–Crippen MR) is 105 cm³/mol. The Balaban J connectivity index is 1.64. The minimum Gasteiger partial charge on any atom is -0.0766 e. The summed E-state index contributed by atoms with van der Waals surface area (Å²) in [6, 6.07) is 9.28. The zero-order valence-electron chi connectivity index (χ0n) is 15.2. The van der Waals surface area contributed by atoms with Gasteiger partial charge < -0.3 is 0 Å². The van der Waals surface area contributed by atoms with Gasteiger partial charge in [-0.05, 0) is 71.2 Å². The van der Waals surface area contributed by atoms with E-state index >= 15 is 0 Å². The molecule has 0 amide bonds. The number of benzene rings is 2. The number of rotatable bonds is 3. The van der Waals surface area contributed by atoms with E-state index in [0.29, 0.717) is 11.8 Å². The molecule has 2 aliphatic carbocycles. The summed E-state index contributed by atoms with van der Waals surface area (Å²) in [6.45, 7) is 9.09. The van der Waals surface area contributed by atoms with Crippen molar-refractivity contribution in [3.63, 3.8) is 0 Å². The van der Waals surface area contributed by atoms with E-state index in [1.54, 1.807) is 0 Å². The van der Waals surface area contributed by atoms with E-state index in [0.717, 1.165) is 12.8 Å². The van der Waals surface area contributed by atoms with Gasteiger partial charge in [-0.1, -0.05) is 62.4 Å². The van der Waals surface area contributed by atoms with Gasteiger partial charge in [0.25, 0.3) is 0 Å². The molecule has 0 bridgehead atoms. The minimum absolute atomic E-state index is 0.562. The zero-order valence-corrected chi connectivity index (χ0v) is 15.2. The topological polar surface area (TPSA) is 0 Å². The largest absolute Gasteiger partial charge is 0.0766 e. The number of hydrogen-bond donors (Lipinski definition) is 0. The summed E-state index contributed by atoms with van der Waals surface area (Å²) in [4.78, 5) is 0. The number of allylic oxidation sites excluding steroid dienone is 2. The summed E-state index contributed by atoms with van der Waals surface area (Å²) in [5, 5.41) is 0. The summed E-state index contributed by atoms with van der Waals surface area (Å²) in [5.41, 5.74) is 11.9. The Kier molecular flexibility index (Phi) is 3.72. The first-order chi connectivity index (χ1) is 11.6. The monoisotopic (exact) mass is 314 g/mol. The second-order valence-electron chi connectivity index (χ2n) is 7.53. The molecule has 122 valence electrons. The summed E-state index contributed by atoms with van der Waals surface area (Å²) in [5.74, 6) is 1.12. The Hall–Kier alpha value is -2.08. The van der Waals surface area contributed by atoms with Gasteiger partial charge in [-0.25, -0.2) is 0 Å². The first kappa shape index (κ1) is 15.4. The maximum absolute atomic E-state index is 2.34. The lowest BCUT2D eigenvalue weighted by atomic mass is 9.89. The highest BCUT2D eigenvalue weighted by atomic mass is 14.2.